The number of halogens is 3. The molecular formula is C20H19F3N2O3. The van der Waals surface area contributed by atoms with Crippen molar-refractivity contribution in [3.63, 3.8) is 0 Å². The molecule has 0 spiro atoms. The Hall–Kier alpha value is -2.90. The van der Waals surface area contributed by atoms with E-state index in [-0.39, 0.29) is 17.4 Å². The van der Waals surface area contributed by atoms with Gasteiger partial charge in [-0.2, -0.15) is 0 Å². The number of H-pyrrole nitrogens is 1. The molecule has 1 N–H and O–H groups in total. The Labute approximate surface area is 159 Å². The Balaban J connectivity index is 1.47. The largest absolute Gasteiger partial charge is 0.573 e. The summed E-state index contributed by atoms with van der Waals surface area (Å²) < 4.78 is 46.8. The molecule has 0 bridgehead atoms. The number of rotatable bonds is 5. The van der Waals surface area contributed by atoms with E-state index in [0.29, 0.717) is 35.0 Å². The zero-order valence-corrected chi connectivity index (χ0v) is 15.3. The van der Waals surface area contributed by atoms with Gasteiger partial charge in [-0.25, -0.2) is 0 Å². The first-order chi connectivity index (χ1) is 13.2. The Morgan fingerprint density at radius 2 is 2.04 bits per heavy atom. The molecule has 1 aliphatic rings. The second kappa shape index (κ2) is 6.61. The molecule has 0 radical (unpaired) electrons. The van der Waals surface area contributed by atoms with Gasteiger partial charge in [0, 0.05) is 29.9 Å². The topological polar surface area (TPSA) is 58.5 Å². The van der Waals surface area contributed by atoms with E-state index in [9.17, 15) is 18.0 Å². The van der Waals surface area contributed by atoms with Crippen LogP contribution in [0.1, 0.15) is 41.3 Å². The molecule has 4 rings (SSSR count). The van der Waals surface area contributed by atoms with Crippen LogP contribution in [0.3, 0.4) is 0 Å². The van der Waals surface area contributed by atoms with Crippen molar-refractivity contribution in [1.29, 1.82) is 0 Å². The minimum absolute atomic E-state index is 0.282. The van der Waals surface area contributed by atoms with Crippen LogP contribution in [0.2, 0.25) is 0 Å². The van der Waals surface area contributed by atoms with Crippen LogP contribution in [0.5, 0.6) is 5.75 Å². The van der Waals surface area contributed by atoms with Crippen molar-refractivity contribution >= 4 is 16.8 Å². The summed E-state index contributed by atoms with van der Waals surface area (Å²) in [5, 5.41) is 0.620. The molecule has 2 atom stereocenters. The van der Waals surface area contributed by atoms with Gasteiger partial charge in [0.1, 0.15) is 23.0 Å². The highest BCUT2D eigenvalue weighted by Crippen LogP contribution is 2.47. The summed E-state index contributed by atoms with van der Waals surface area (Å²) in [6, 6.07) is 9.33. The molecule has 148 valence electrons. The summed E-state index contributed by atoms with van der Waals surface area (Å²) >= 11 is 0. The van der Waals surface area contributed by atoms with Crippen LogP contribution >= 0.6 is 0 Å². The van der Waals surface area contributed by atoms with Gasteiger partial charge in [0.2, 0.25) is 0 Å². The van der Waals surface area contributed by atoms with Crippen molar-refractivity contribution in [3.8, 4) is 5.75 Å². The second-order valence-corrected chi connectivity index (χ2v) is 7.26. The smallest absolute Gasteiger partial charge is 0.464 e. The molecule has 5 nitrogen and oxygen atoms in total. The maximum atomic E-state index is 12.7. The van der Waals surface area contributed by atoms with Gasteiger partial charge in [-0.1, -0.05) is 6.92 Å². The molecule has 1 fully saturated rings. The number of fused-ring (bicyclic) bond motifs is 1. The van der Waals surface area contributed by atoms with E-state index >= 15 is 0 Å². The summed E-state index contributed by atoms with van der Waals surface area (Å²) in [4.78, 5) is 17.0. The maximum absolute atomic E-state index is 12.7. The van der Waals surface area contributed by atoms with Gasteiger partial charge in [-0.15, -0.1) is 13.2 Å². The fraction of sp³-hybridized carbons (Fsp3) is 0.350. The summed E-state index contributed by atoms with van der Waals surface area (Å²) in [6.45, 7) is 2.47. The minimum atomic E-state index is -4.76. The Morgan fingerprint density at radius 3 is 2.71 bits per heavy atom. The molecule has 1 amide bonds. The number of nitrogens with one attached hydrogen (secondary N) is 1. The number of amides is 1. The fourth-order valence-corrected chi connectivity index (χ4v) is 3.33. The lowest BCUT2D eigenvalue weighted by molar-refractivity contribution is -0.274. The molecule has 8 heteroatoms. The minimum Gasteiger partial charge on any atom is -0.464 e. The molecule has 0 saturated heterocycles. The zero-order chi connectivity index (χ0) is 20.1. The van der Waals surface area contributed by atoms with Crippen LogP contribution < -0.4 is 4.74 Å². The number of aromatic nitrogens is 1. The van der Waals surface area contributed by atoms with Gasteiger partial charge in [0.25, 0.3) is 5.91 Å². The predicted molar refractivity (Wildman–Crippen MR) is 96.0 cm³/mol. The van der Waals surface area contributed by atoms with Crippen LogP contribution in [-0.2, 0) is 6.54 Å². The molecular weight excluding hydrogens is 373 g/mol. The number of hydrogen-bond acceptors (Lipinski definition) is 3. The summed E-state index contributed by atoms with van der Waals surface area (Å²) in [6.07, 6.45) is -3.64. The second-order valence-electron chi connectivity index (χ2n) is 7.26. The van der Waals surface area contributed by atoms with E-state index in [0.717, 1.165) is 12.2 Å². The molecule has 2 aromatic heterocycles. The standard InChI is InChI=1S/C20H19F3N2O3/c1-11-7-15(11)18-6-5-14(27-18)10-25(2)19(26)17-8-12-3-4-13(9-16(12)24-17)28-20(21,22)23/h3-6,8-9,11,15,24H,7,10H2,1-2H3/t11-,15+/m0/s1. The van der Waals surface area contributed by atoms with E-state index < -0.39 is 6.36 Å². The number of aromatic amines is 1. The molecule has 28 heavy (non-hydrogen) atoms. The van der Waals surface area contributed by atoms with Gasteiger partial charge in [0.05, 0.1) is 6.54 Å². The fourth-order valence-electron chi connectivity index (χ4n) is 3.33. The van der Waals surface area contributed by atoms with Gasteiger partial charge in [-0.05, 0) is 42.7 Å². The third-order valence-electron chi connectivity index (χ3n) is 4.95. The van der Waals surface area contributed by atoms with Crippen molar-refractivity contribution in [1.82, 2.24) is 9.88 Å². The van der Waals surface area contributed by atoms with Gasteiger partial charge in [-0.3, -0.25) is 4.79 Å². The van der Waals surface area contributed by atoms with Crippen LogP contribution in [0.4, 0.5) is 13.2 Å². The quantitative estimate of drug-likeness (QED) is 0.661. The molecule has 2 heterocycles. The lowest BCUT2D eigenvalue weighted by atomic mass is 10.2. The molecule has 1 saturated carbocycles. The van der Waals surface area contributed by atoms with E-state index in [1.165, 1.54) is 23.1 Å². The Morgan fingerprint density at radius 1 is 1.29 bits per heavy atom. The third-order valence-corrected chi connectivity index (χ3v) is 4.95. The number of benzene rings is 1. The monoisotopic (exact) mass is 392 g/mol. The summed E-state index contributed by atoms with van der Waals surface area (Å²) in [5.41, 5.74) is 0.672. The number of carbonyl (C=O) groups excluding carboxylic acids is 1. The van der Waals surface area contributed by atoms with E-state index in [4.69, 9.17) is 4.42 Å². The first-order valence-electron chi connectivity index (χ1n) is 8.92. The van der Waals surface area contributed by atoms with Crippen molar-refractivity contribution in [3.05, 3.63) is 53.6 Å². The molecule has 0 unspecified atom stereocenters. The lowest BCUT2D eigenvalue weighted by Crippen LogP contribution is -2.26. The maximum Gasteiger partial charge on any atom is 0.573 e. The first-order valence-corrected chi connectivity index (χ1v) is 8.92. The highest BCUT2D eigenvalue weighted by molar-refractivity contribution is 5.98. The van der Waals surface area contributed by atoms with Crippen molar-refractivity contribution in [2.45, 2.75) is 32.2 Å². The van der Waals surface area contributed by atoms with Gasteiger partial charge < -0.3 is 19.0 Å². The van der Waals surface area contributed by atoms with E-state index in [2.05, 4.69) is 16.6 Å². The summed E-state index contributed by atoms with van der Waals surface area (Å²) in [5.74, 6) is 2.12. The summed E-state index contributed by atoms with van der Waals surface area (Å²) in [7, 11) is 1.65. The van der Waals surface area contributed by atoms with Crippen molar-refractivity contribution < 1.29 is 27.1 Å². The van der Waals surface area contributed by atoms with Crippen LogP contribution in [0, 0.1) is 5.92 Å². The highest BCUT2D eigenvalue weighted by atomic mass is 19.4. The van der Waals surface area contributed by atoms with Crippen LogP contribution in [-0.4, -0.2) is 29.2 Å². The normalized spacial score (nSPS) is 19.0. The average Bonchev–Trinajstić information content (AvgIpc) is 3.02. The number of ether oxygens (including phenoxy) is 1. The van der Waals surface area contributed by atoms with Gasteiger partial charge >= 0.3 is 6.36 Å². The van der Waals surface area contributed by atoms with Crippen LogP contribution in [0.25, 0.3) is 10.9 Å². The molecule has 0 aliphatic heterocycles. The molecule has 1 aromatic carbocycles. The average molecular weight is 392 g/mol. The third kappa shape index (κ3) is 3.85. The number of furan rings is 1. The zero-order valence-electron chi connectivity index (χ0n) is 15.3. The van der Waals surface area contributed by atoms with Crippen molar-refractivity contribution in [2.24, 2.45) is 5.92 Å². The molecule has 1 aliphatic carbocycles. The predicted octanol–water partition coefficient (Wildman–Crippen LogP) is 5.06. The Kier molecular flexibility index (Phi) is 4.36. The Bertz CT molecular complexity index is 1020. The van der Waals surface area contributed by atoms with E-state index in [1.54, 1.807) is 13.1 Å². The number of nitrogens with zero attached hydrogens (tertiary/aromatic N) is 1. The van der Waals surface area contributed by atoms with Gasteiger partial charge in [0.15, 0.2) is 0 Å². The van der Waals surface area contributed by atoms with Crippen LogP contribution in [0.15, 0.2) is 40.8 Å². The first kappa shape index (κ1) is 18.5. The number of carbonyl (C=O) groups is 1. The SMILES string of the molecule is C[C@H]1C[C@H]1c1ccc(CN(C)C(=O)c2cc3ccc(OC(F)(F)F)cc3[nH]2)o1. The number of hydrogen-bond donors (Lipinski definition) is 1. The lowest BCUT2D eigenvalue weighted by Gasteiger charge is -2.14. The van der Waals surface area contributed by atoms with E-state index in [1.807, 2.05) is 12.1 Å². The molecule has 3 aromatic rings. The highest BCUT2D eigenvalue weighted by Gasteiger charge is 2.36. The van der Waals surface area contributed by atoms with Crippen molar-refractivity contribution in [2.75, 3.05) is 7.05 Å². The number of alkyl halides is 3.